The molecule has 0 atom stereocenters. The summed E-state index contributed by atoms with van der Waals surface area (Å²) in [4.78, 5) is 0. The Kier molecular flexibility index (Phi) is 3.04. The smallest absolute Gasteiger partial charge is 0.121 e. The minimum absolute atomic E-state index is 0.324. The molecule has 98 valence electrons. The SMILES string of the molecule is COc1ccc2c(c1)NCC1(CCOCC1)CN2. The van der Waals surface area contributed by atoms with Crippen LogP contribution in [0, 0.1) is 5.41 Å². The predicted molar refractivity (Wildman–Crippen MR) is 72.5 cm³/mol. The Morgan fingerprint density at radius 3 is 2.56 bits per heavy atom. The molecule has 2 aliphatic heterocycles. The van der Waals surface area contributed by atoms with Gasteiger partial charge in [-0.15, -0.1) is 0 Å². The molecule has 3 rings (SSSR count). The van der Waals surface area contributed by atoms with Crippen LogP contribution < -0.4 is 15.4 Å². The molecule has 1 aromatic carbocycles. The zero-order valence-electron chi connectivity index (χ0n) is 10.8. The second kappa shape index (κ2) is 4.69. The number of hydrogen-bond acceptors (Lipinski definition) is 4. The highest BCUT2D eigenvalue weighted by molar-refractivity contribution is 5.71. The van der Waals surface area contributed by atoms with Gasteiger partial charge < -0.3 is 20.1 Å². The minimum atomic E-state index is 0.324. The zero-order valence-corrected chi connectivity index (χ0v) is 10.8. The molecule has 1 aromatic rings. The van der Waals surface area contributed by atoms with Crippen molar-refractivity contribution in [2.75, 3.05) is 44.0 Å². The zero-order chi connectivity index (χ0) is 12.4. The van der Waals surface area contributed by atoms with E-state index in [1.165, 1.54) is 5.69 Å². The van der Waals surface area contributed by atoms with E-state index in [0.717, 1.165) is 50.6 Å². The molecule has 0 amide bonds. The second-order valence-corrected chi connectivity index (χ2v) is 5.23. The van der Waals surface area contributed by atoms with Gasteiger partial charge in [-0.05, 0) is 25.0 Å². The van der Waals surface area contributed by atoms with E-state index in [4.69, 9.17) is 9.47 Å². The first-order valence-electron chi connectivity index (χ1n) is 6.55. The Bertz CT molecular complexity index is 428. The largest absolute Gasteiger partial charge is 0.497 e. The predicted octanol–water partition coefficient (Wildman–Crippen LogP) is 2.33. The molecule has 1 fully saturated rings. The highest BCUT2D eigenvalue weighted by Crippen LogP contribution is 2.37. The summed E-state index contributed by atoms with van der Waals surface area (Å²) in [6.45, 7) is 3.78. The van der Waals surface area contributed by atoms with Gasteiger partial charge in [0.15, 0.2) is 0 Å². The molecule has 1 spiro atoms. The van der Waals surface area contributed by atoms with Crippen LogP contribution in [0.3, 0.4) is 0 Å². The molecule has 1 saturated heterocycles. The maximum Gasteiger partial charge on any atom is 0.121 e. The van der Waals surface area contributed by atoms with Crippen LogP contribution in [-0.4, -0.2) is 33.4 Å². The van der Waals surface area contributed by atoms with Gasteiger partial charge in [0.05, 0.1) is 18.5 Å². The first-order chi connectivity index (χ1) is 8.81. The first-order valence-corrected chi connectivity index (χ1v) is 6.55. The highest BCUT2D eigenvalue weighted by Gasteiger charge is 2.34. The maximum absolute atomic E-state index is 5.48. The average Bonchev–Trinajstić information content (AvgIpc) is 2.60. The molecule has 0 radical (unpaired) electrons. The first kappa shape index (κ1) is 11.7. The van der Waals surface area contributed by atoms with Crippen LogP contribution in [0.4, 0.5) is 11.4 Å². The van der Waals surface area contributed by atoms with Crippen molar-refractivity contribution in [2.45, 2.75) is 12.8 Å². The molecular weight excluding hydrogens is 228 g/mol. The van der Waals surface area contributed by atoms with E-state index >= 15 is 0 Å². The van der Waals surface area contributed by atoms with E-state index in [9.17, 15) is 0 Å². The Labute approximate surface area is 108 Å². The molecule has 2 N–H and O–H groups in total. The Balaban J connectivity index is 1.81. The van der Waals surface area contributed by atoms with E-state index in [-0.39, 0.29) is 0 Å². The van der Waals surface area contributed by atoms with E-state index < -0.39 is 0 Å². The summed E-state index contributed by atoms with van der Waals surface area (Å²) in [7, 11) is 1.70. The number of benzene rings is 1. The topological polar surface area (TPSA) is 42.5 Å². The van der Waals surface area contributed by atoms with E-state index in [1.807, 2.05) is 6.07 Å². The van der Waals surface area contributed by atoms with Gasteiger partial charge in [-0.25, -0.2) is 0 Å². The van der Waals surface area contributed by atoms with Crippen molar-refractivity contribution in [3.8, 4) is 5.75 Å². The fraction of sp³-hybridized carbons (Fsp3) is 0.571. The lowest BCUT2D eigenvalue weighted by atomic mass is 9.80. The molecule has 0 bridgehead atoms. The maximum atomic E-state index is 5.48. The van der Waals surface area contributed by atoms with Gasteiger partial charge >= 0.3 is 0 Å². The number of nitrogens with one attached hydrogen (secondary N) is 2. The molecule has 0 unspecified atom stereocenters. The molecule has 4 nitrogen and oxygen atoms in total. The number of fused-ring (bicyclic) bond motifs is 1. The molecular formula is C14H20N2O2. The van der Waals surface area contributed by atoms with Crippen molar-refractivity contribution >= 4 is 11.4 Å². The van der Waals surface area contributed by atoms with Crippen LogP contribution in [0.15, 0.2) is 18.2 Å². The lowest BCUT2D eigenvalue weighted by molar-refractivity contribution is 0.0276. The van der Waals surface area contributed by atoms with Crippen molar-refractivity contribution in [3.63, 3.8) is 0 Å². The van der Waals surface area contributed by atoms with E-state index in [0.29, 0.717) is 5.41 Å². The van der Waals surface area contributed by atoms with Crippen LogP contribution in [0.2, 0.25) is 0 Å². The third kappa shape index (κ3) is 2.12. The molecule has 0 aromatic heterocycles. The van der Waals surface area contributed by atoms with Crippen LogP contribution in [0.5, 0.6) is 5.75 Å². The monoisotopic (exact) mass is 248 g/mol. The van der Waals surface area contributed by atoms with Gasteiger partial charge in [-0.2, -0.15) is 0 Å². The fourth-order valence-electron chi connectivity index (χ4n) is 2.74. The van der Waals surface area contributed by atoms with Gasteiger partial charge in [-0.1, -0.05) is 0 Å². The van der Waals surface area contributed by atoms with Gasteiger partial charge in [0.1, 0.15) is 5.75 Å². The molecule has 2 aliphatic rings. The van der Waals surface area contributed by atoms with Crippen LogP contribution >= 0.6 is 0 Å². The molecule has 18 heavy (non-hydrogen) atoms. The van der Waals surface area contributed by atoms with Crippen molar-refractivity contribution in [3.05, 3.63) is 18.2 Å². The summed E-state index contributed by atoms with van der Waals surface area (Å²) < 4.78 is 10.7. The van der Waals surface area contributed by atoms with Crippen molar-refractivity contribution in [1.82, 2.24) is 0 Å². The lowest BCUT2D eigenvalue weighted by Gasteiger charge is -2.36. The lowest BCUT2D eigenvalue weighted by Crippen LogP contribution is -2.40. The van der Waals surface area contributed by atoms with Crippen LogP contribution in [-0.2, 0) is 4.74 Å². The number of anilines is 2. The summed E-state index contributed by atoms with van der Waals surface area (Å²) in [6.07, 6.45) is 2.25. The summed E-state index contributed by atoms with van der Waals surface area (Å²) in [6, 6.07) is 6.13. The standard InChI is InChI=1S/C14H20N2O2/c1-17-11-2-3-12-13(8-11)16-10-14(9-15-12)4-6-18-7-5-14/h2-3,8,15-16H,4-7,9-10H2,1H3. The van der Waals surface area contributed by atoms with E-state index in [1.54, 1.807) is 7.11 Å². The molecule has 0 aliphatic carbocycles. The van der Waals surface area contributed by atoms with Gasteiger partial charge in [-0.3, -0.25) is 0 Å². The summed E-state index contributed by atoms with van der Waals surface area (Å²) >= 11 is 0. The number of hydrogen-bond donors (Lipinski definition) is 2. The second-order valence-electron chi connectivity index (χ2n) is 5.23. The third-order valence-corrected chi connectivity index (χ3v) is 4.09. The summed E-state index contributed by atoms with van der Waals surface area (Å²) in [5.41, 5.74) is 2.63. The van der Waals surface area contributed by atoms with Crippen LogP contribution in [0.25, 0.3) is 0 Å². The Morgan fingerprint density at radius 1 is 1.11 bits per heavy atom. The molecule has 4 heteroatoms. The van der Waals surface area contributed by atoms with Crippen molar-refractivity contribution in [1.29, 1.82) is 0 Å². The summed E-state index contributed by atoms with van der Waals surface area (Å²) in [5.74, 6) is 0.894. The average molecular weight is 248 g/mol. The molecule has 0 saturated carbocycles. The van der Waals surface area contributed by atoms with Crippen molar-refractivity contribution in [2.24, 2.45) is 5.41 Å². The normalized spacial score (nSPS) is 21.4. The minimum Gasteiger partial charge on any atom is -0.497 e. The van der Waals surface area contributed by atoms with E-state index in [2.05, 4.69) is 22.8 Å². The Morgan fingerprint density at radius 2 is 1.83 bits per heavy atom. The number of ether oxygens (including phenoxy) is 2. The van der Waals surface area contributed by atoms with Gasteiger partial charge in [0.2, 0.25) is 0 Å². The third-order valence-electron chi connectivity index (χ3n) is 4.09. The van der Waals surface area contributed by atoms with Crippen molar-refractivity contribution < 1.29 is 9.47 Å². The van der Waals surface area contributed by atoms with Gasteiger partial charge in [0, 0.05) is 37.8 Å². The quantitative estimate of drug-likeness (QED) is 0.800. The highest BCUT2D eigenvalue weighted by atomic mass is 16.5. The van der Waals surface area contributed by atoms with Crippen LogP contribution in [0.1, 0.15) is 12.8 Å². The summed E-state index contributed by atoms with van der Waals surface area (Å²) in [5, 5.41) is 7.13. The fourth-order valence-corrected chi connectivity index (χ4v) is 2.74. The number of methoxy groups -OCH3 is 1. The number of rotatable bonds is 1. The van der Waals surface area contributed by atoms with Gasteiger partial charge in [0.25, 0.3) is 0 Å². The molecule has 2 heterocycles. The Hall–Kier alpha value is -1.42.